The summed E-state index contributed by atoms with van der Waals surface area (Å²) in [7, 11) is -5.27. The van der Waals surface area contributed by atoms with Crippen LogP contribution in [-0.4, -0.2) is 24.5 Å². The maximum Gasteiger partial charge on any atom is 0.673 e. The van der Waals surface area contributed by atoms with Gasteiger partial charge in [-0.1, -0.05) is 29.8 Å². The van der Waals surface area contributed by atoms with Crippen molar-refractivity contribution >= 4 is 18.1 Å². The monoisotopic (exact) mass is 294 g/mol. The highest BCUT2D eigenvalue weighted by Gasteiger charge is 2.31. The number of aryl methyl sites for hydroxylation is 1. The van der Waals surface area contributed by atoms with E-state index in [1.807, 2.05) is 0 Å². The van der Waals surface area contributed by atoms with Gasteiger partial charge in [-0.25, -0.2) is 0 Å². The zero-order valence-corrected chi connectivity index (χ0v) is 12.0. The lowest BCUT2D eigenvalue weighted by Crippen LogP contribution is -2.07. The van der Waals surface area contributed by atoms with E-state index >= 15 is 0 Å². The standard InChI is InChI=1S/C13H19S.BF4/c1-3-14-9-8-13(10-14)12-6-4-11(2)5-7-12;2-1(3,4)5/h4-7,13H,3,8-10H2,1-2H3;/q+1;-1. The normalized spacial score (nSPS) is 22.8. The van der Waals surface area contributed by atoms with Crippen LogP contribution in [0.4, 0.5) is 17.3 Å². The smallest absolute Gasteiger partial charge is 0.418 e. The average Bonchev–Trinajstić information content (AvgIpc) is 2.76. The molecule has 1 aromatic carbocycles. The fourth-order valence-corrected chi connectivity index (χ4v) is 4.36. The van der Waals surface area contributed by atoms with Crippen LogP contribution in [0.25, 0.3) is 0 Å². The first-order valence-corrected chi connectivity index (χ1v) is 8.10. The highest BCUT2D eigenvalue weighted by Crippen LogP contribution is 2.29. The molecule has 0 radical (unpaired) electrons. The van der Waals surface area contributed by atoms with Gasteiger partial charge < -0.3 is 17.3 Å². The Hall–Kier alpha value is -0.645. The van der Waals surface area contributed by atoms with E-state index in [2.05, 4.69) is 38.1 Å². The number of hydrogen-bond donors (Lipinski definition) is 0. The molecule has 2 atom stereocenters. The van der Waals surface area contributed by atoms with Crippen molar-refractivity contribution in [2.24, 2.45) is 0 Å². The van der Waals surface area contributed by atoms with E-state index in [9.17, 15) is 17.3 Å². The topological polar surface area (TPSA) is 0 Å². The molecule has 1 aliphatic rings. The van der Waals surface area contributed by atoms with Crippen LogP contribution in [-0.2, 0) is 10.9 Å². The molecule has 108 valence electrons. The molecule has 0 aliphatic carbocycles. The Kier molecular flexibility index (Phi) is 6.24. The van der Waals surface area contributed by atoms with Crippen molar-refractivity contribution in [3.05, 3.63) is 35.4 Å². The van der Waals surface area contributed by atoms with Gasteiger partial charge in [0.1, 0.15) is 17.3 Å². The summed E-state index contributed by atoms with van der Waals surface area (Å²) >= 11 is 0. The Morgan fingerprint density at radius 2 is 1.68 bits per heavy atom. The summed E-state index contributed by atoms with van der Waals surface area (Å²) in [6.07, 6.45) is 1.42. The van der Waals surface area contributed by atoms with Crippen molar-refractivity contribution in [3.8, 4) is 0 Å². The third kappa shape index (κ3) is 6.90. The highest BCUT2D eigenvalue weighted by molar-refractivity contribution is 7.97. The summed E-state index contributed by atoms with van der Waals surface area (Å²) < 4.78 is 39.0. The van der Waals surface area contributed by atoms with Crippen molar-refractivity contribution in [3.63, 3.8) is 0 Å². The fraction of sp³-hybridized carbons (Fsp3) is 0.538. The molecule has 0 nitrogen and oxygen atoms in total. The number of hydrogen-bond acceptors (Lipinski definition) is 0. The Morgan fingerprint density at radius 1 is 1.16 bits per heavy atom. The van der Waals surface area contributed by atoms with Gasteiger partial charge in [0.05, 0.1) is 0 Å². The predicted molar refractivity (Wildman–Crippen MR) is 76.4 cm³/mol. The molecule has 1 fully saturated rings. The van der Waals surface area contributed by atoms with Crippen LogP contribution < -0.4 is 0 Å². The molecule has 19 heavy (non-hydrogen) atoms. The summed E-state index contributed by atoms with van der Waals surface area (Å²) in [6, 6.07) is 9.14. The minimum Gasteiger partial charge on any atom is -0.418 e. The van der Waals surface area contributed by atoms with E-state index in [0.717, 1.165) is 16.8 Å². The van der Waals surface area contributed by atoms with Crippen LogP contribution in [0.15, 0.2) is 24.3 Å². The number of benzene rings is 1. The van der Waals surface area contributed by atoms with Gasteiger partial charge in [0.2, 0.25) is 0 Å². The summed E-state index contributed by atoms with van der Waals surface area (Å²) in [6.45, 7) is 4.50. The van der Waals surface area contributed by atoms with Crippen molar-refractivity contribution in [1.82, 2.24) is 0 Å². The van der Waals surface area contributed by atoms with E-state index in [4.69, 9.17) is 0 Å². The van der Waals surface area contributed by atoms with Gasteiger partial charge in [-0.2, -0.15) is 0 Å². The largest absolute Gasteiger partial charge is 0.673 e. The first kappa shape index (κ1) is 16.4. The van der Waals surface area contributed by atoms with Gasteiger partial charge in [0.25, 0.3) is 0 Å². The highest BCUT2D eigenvalue weighted by atomic mass is 32.2. The van der Waals surface area contributed by atoms with Gasteiger partial charge in [0.15, 0.2) is 0 Å². The van der Waals surface area contributed by atoms with E-state index in [-0.39, 0.29) is 0 Å². The summed E-state index contributed by atoms with van der Waals surface area (Å²) in [4.78, 5) is 0. The van der Waals surface area contributed by atoms with Crippen molar-refractivity contribution in [2.75, 3.05) is 17.3 Å². The lowest BCUT2D eigenvalue weighted by atomic mass is 9.98. The molecule has 1 aliphatic heterocycles. The summed E-state index contributed by atoms with van der Waals surface area (Å²) in [5, 5.41) is 0. The quantitative estimate of drug-likeness (QED) is 0.430. The molecule has 1 saturated heterocycles. The van der Waals surface area contributed by atoms with Crippen LogP contribution in [0.2, 0.25) is 0 Å². The Morgan fingerprint density at radius 3 is 2.11 bits per heavy atom. The SMILES string of the molecule is CC[S+]1CCC(c2ccc(C)cc2)C1.F[B-](F)(F)F. The molecule has 6 heteroatoms. The Bertz CT molecular complexity index is 371. The predicted octanol–water partition coefficient (Wildman–Crippen LogP) is 4.42. The van der Waals surface area contributed by atoms with E-state index in [1.54, 1.807) is 5.56 Å². The Balaban J connectivity index is 0.000000312. The molecule has 2 rings (SSSR count). The molecule has 0 spiro atoms. The van der Waals surface area contributed by atoms with E-state index < -0.39 is 7.25 Å². The molecule has 0 amide bonds. The second kappa shape index (κ2) is 7.22. The van der Waals surface area contributed by atoms with Gasteiger partial charge in [-0.3, -0.25) is 0 Å². The van der Waals surface area contributed by atoms with Crippen LogP contribution >= 0.6 is 0 Å². The number of rotatable bonds is 2. The van der Waals surface area contributed by atoms with E-state index in [1.165, 1.54) is 29.2 Å². The molecule has 0 saturated carbocycles. The number of halogens is 4. The molecular formula is C13H19BF4S. The van der Waals surface area contributed by atoms with Gasteiger partial charge in [-0.05, 0) is 30.3 Å². The van der Waals surface area contributed by atoms with E-state index in [0.29, 0.717) is 0 Å². The van der Waals surface area contributed by atoms with Gasteiger partial charge in [0, 0.05) is 12.3 Å². The molecule has 0 aromatic heterocycles. The lowest BCUT2D eigenvalue weighted by molar-refractivity contribution is 0.368. The van der Waals surface area contributed by atoms with Gasteiger partial charge >= 0.3 is 7.25 Å². The molecule has 0 bridgehead atoms. The van der Waals surface area contributed by atoms with Gasteiger partial charge in [-0.15, -0.1) is 0 Å². The molecule has 0 N–H and O–H groups in total. The minimum absolute atomic E-state index is 0.730. The average molecular weight is 294 g/mol. The lowest BCUT2D eigenvalue weighted by Gasteiger charge is -2.06. The zero-order chi connectivity index (χ0) is 14.5. The molecule has 1 heterocycles. The Labute approximate surface area is 115 Å². The zero-order valence-electron chi connectivity index (χ0n) is 11.2. The van der Waals surface area contributed by atoms with Crippen LogP contribution in [0.3, 0.4) is 0 Å². The minimum atomic E-state index is -6.00. The second-order valence-corrected chi connectivity index (χ2v) is 7.21. The maximum atomic E-state index is 9.75. The molecule has 2 unspecified atom stereocenters. The maximum absolute atomic E-state index is 9.75. The molecular weight excluding hydrogens is 275 g/mol. The van der Waals surface area contributed by atoms with Crippen molar-refractivity contribution < 1.29 is 17.3 Å². The van der Waals surface area contributed by atoms with Crippen molar-refractivity contribution in [2.45, 2.75) is 26.2 Å². The summed E-state index contributed by atoms with van der Waals surface area (Å²) in [5.41, 5.74) is 2.94. The van der Waals surface area contributed by atoms with Crippen LogP contribution in [0, 0.1) is 6.92 Å². The molecule has 1 aromatic rings. The fourth-order valence-electron chi connectivity index (χ4n) is 2.12. The first-order valence-electron chi connectivity index (χ1n) is 6.37. The van der Waals surface area contributed by atoms with Crippen LogP contribution in [0.5, 0.6) is 0 Å². The second-order valence-electron chi connectivity index (χ2n) is 4.66. The van der Waals surface area contributed by atoms with Crippen LogP contribution in [0.1, 0.15) is 30.4 Å². The third-order valence-electron chi connectivity index (χ3n) is 3.15. The third-order valence-corrected chi connectivity index (χ3v) is 5.65. The van der Waals surface area contributed by atoms with Crippen molar-refractivity contribution in [1.29, 1.82) is 0 Å². The summed E-state index contributed by atoms with van der Waals surface area (Å²) in [5.74, 6) is 5.16. The first-order chi connectivity index (χ1) is 8.79.